The summed E-state index contributed by atoms with van der Waals surface area (Å²) in [7, 11) is 0. The van der Waals surface area contributed by atoms with E-state index in [4.69, 9.17) is 5.11 Å². The van der Waals surface area contributed by atoms with E-state index in [0.29, 0.717) is 0 Å². The van der Waals surface area contributed by atoms with Gasteiger partial charge in [-0.25, -0.2) is 4.79 Å². The Morgan fingerprint density at radius 2 is 1.74 bits per heavy atom. The summed E-state index contributed by atoms with van der Waals surface area (Å²) >= 11 is 0. The molecule has 2 N–H and O–H groups in total. The summed E-state index contributed by atoms with van der Waals surface area (Å²) in [5.74, 6) is -0.138. The number of hydrogen-bond acceptors (Lipinski definition) is 2. The Hall–Kier alpha value is -3.01. The second-order valence-corrected chi connectivity index (χ2v) is 5.69. The van der Waals surface area contributed by atoms with Gasteiger partial charge in [0.1, 0.15) is 11.5 Å². The fraction of sp³-hybridized carbons (Fsp3) is 0.105. The molecule has 2 heterocycles. The molecule has 0 bridgehead atoms. The lowest BCUT2D eigenvalue weighted by atomic mass is 10.0. The molecule has 0 saturated heterocycles. The van der Waals surface area contributed by atoms with E-state index in [1.807, 2.05) is 36.4 Å². The molecule has 3 aromatic rings. The van der Waals surface area contributed by atoms with E-state index in [9.17, 15) is 4.79 Å². The number of aromatic amines is 1. The fourth-order valence-corrected chi connectivity index (χ4v) is 3.27. The number of carboxylic acid groups (broad SMARTS) is 1. The van der Waals surface area contributed by atoms with Crippen LogP contribution in [-0.4, -0.2) is 16.1 Å². The first-order valence-corrected chi connectivity index (χ1v) is 7.58. The number of carbonyl (C=O) groups is 1. The van der Waals surface area contributed by atoms with Gasteiger partial charge in [0.25, 0.3) is 0 Å². The Balaban J connectivity index is 1.82. The molecule has 1 atom stereocenters. The largest absolute Gasteiger partial charge is 0.477 e. The molecule has 0 fully saturated rings. The minimum atomic E-state index is -0.944. The van der Waals surface area contributed by atoms with Gasteiger partial charge in [-0.05, 0) is 35.7 Å². The van der Waals surface area contributed by atoms with Gasteiger partial charge >= 0.3 is 5.97 Å². The summed E-state index contributed by atoms with van der Waals surface area (Å²) in [6.07, 6.45) is 0.904. The molecule has 23 heavy (non-hydrogen) atoms. The summed E-state index contributed by atoms with van der Waals surface area (Å²) in [4.78, 5) is 16.4. The number of aromatic carboxylic acids is 1. The number of nitrogens with zero attached hydrogens (tertiary/aromatic N) is 1. The van der Waals surface area contributed by atoms with E-state index in [2.05, 4.69) is 34.1 Å². The van der Waals surface area contributed by atoms with E-state index in [1.165, 1.54) is 11.1 Å². The van der Waals surface area contributed by atoms with Crippen LogP contribution in [0.2, 0.25) is 0 Å². The molecule has 0 radical (unpaired) electrons. The third-order valence-corrected chi connectivity index (χ3v) is 4.32. The molecule has 0 spiro atoms. The summed E-state index contributed by atoms with van der Waals surface area (Å²) in [5, 5.41) is 9.17. The molecule has 1 aliphatic rings. The van der Waals surface area contributed by atoms with Crippen molar-refractivity contribution in [1.29, 1.82) is 0 Å². The van der Waals surface area contributed by atoms with Crippen molar-refractivity contribution in [3.8, 4) is 0 Å². The van der Waals surface area contributed by atoms with Crippen molar-refractivity contribution in [2.24, 2.45) is 0 Å². The molecule has 114 valence electrons. The second-order valence-electron chi connectivity index (χ2n) is 5.69. The number of para-hydroxylation sites is 1. The van der Waals surface area contributed by atoms with Crippen LogP contribution < -0.4 is 4.90 Å². The fourth-order valence-electron chi connectivity index (χ4n) is 3.27. The Labute approximate surface area is 134 Å². The molecule has 1 unspecified atom stereocenters. The molecule has 0 amide bonds. The maximum Gasteiger partial charge on any atom is 0.352 e. The van der Waals surface area contributed by atoms with Crippen LogP contribution in [-0.2, 0) is 6.42 Å². The van der Waals surface area contributed by atoms with Gasteiger partial charge < -0.3 is 15.0 Å². The standard InChI is InChI=1S/C19H16N2O2/c22-19(23)15-10-11-18(20-15)21-16-9-5-4-8-14(16)12-17(21)13-6-2-1-3-7-13/h1-11,17,20H,12H2,(H,22,23). The Morgan fingerprint density at radius 3 is 2.48 bits per heavy atom. The van der Waals surface area contributed by atoms with Gasteiger partial charge in [-0.3, -0.25) is 0 Å². The molecule has 4 nitrogen and oxygen atoms in total. The molecule has 2 aromatic carbocycles. The Kier molecular flexibility index (Phi) is 3.15. The predicted molar refractivity (Wildman–Crippen MR) is 89.2 cm³/mol. The Morgan fingerprint density at radius 1 is 1.00 bits per heavy atom. The molecular formula is C19H16N2O2. The third-order valence-electron chi connectivity index (χ3n) is 4.32. The molecule has 1 aromatic heterocycles. The van der Waals surface area contributed by atoms with Gasteiger partial charge in [0.15, 0.2) is 0 Å². The molecule has 4 rings (SSSR count). The van der Waals surface area contributed by atoms with E-state index in [0.717, 1.165) is 17.9 Å². The first-order chi connectivity index (χ1) is 11.2. The van der Waals surface area contributed by atoms with Gasteiger partial charge in [-0.1, -0.05) is 48.5 Å². The number of H-pyrrole nitrogens is 1. The van der Waals surface area contributed by atoms with Gasteiger partial charge in [-0.2, -0.15) is 0 Å². The predicted octanol–water partition coefficient (Wildman–Crippen LogP) is 4.15. The monoisotopic (exact) mass is 304 g/mol. The lowest BCUT2D eigenvalue weighted by molar-refractivity contribution is 0.0691. The molecule has 1 aliphatic heterocycles. The SMILES string of the molecule is O=C(O)c1ccc(N2c3ccccc3CC2c2ccccc2)[nH]1. The Bertz CT molecular complexity index is 855. The number of fused-ring (bicyclic) bond motifs is 1. The normalized spacial score (nSPS) is 16.3. The summed E-state index contributed by atoms with van der Waals surface area (Å²) in [6.45, 7) is 0. The van der Waals surface area contributed by atoms with Crippen molar-refractivity contribution in [2.45, 2.75) is 12.5 Å². The van der Waals surface area contributed by atoms with Gasteiger partial charge in [0.05, 0.1) is 6.04 Å². The lowest BCUT2D eigenvalue weighted by Gasteiger charge is -2.26. The average Bonchev–Trinajstić information content (AvgIpc) is 3.20. The van der Waals surface area contributed by atoms with Crippen LogP contribution in [0.4, 0.5) is 11.5 Å². The van der Waals surface area contributed by atoms with Crippen molar-refractivity contribution < 1.29 is 9.90 Å². The minimum absolute atomic E-state index is 0.161. The zero-order chi connectivity index (χ0) is 15.8. The topological polar surface area (TPSA) is 56.3 Å². The van der Waals surface area contributed by atoms with E-state index < -0.39 is 5.97 Å². The zero-order valence-electron chi connectivity index (χ0n) is 12.4. The number of anilines is 2. The van der Waals surface area contributed by atoms with Crippen molar-refractivity contribution >= 4 is 17.5 Å². The quantitative estimate of drug-likeness (QED) is 0.764. The molecule has 0 aliphatic carbocycles. The highest BCUT2D eigenvalue weighted by Crippen LogP contribution is 2.44. The summed E-state index contributed by atoms with van der Waals surface area (Å²) in [6, 6.07) is 22.2. The van der Waals surface area contributed by atoms with Crippen LogP contribution >= 0.6 is 0 Å². The average molecular weight is 304 g/mol. The highest BCUT2D eigenvalue weighted by atomic mass is 16.4. The maximum absolute atomic E-state index is 11.2. The van der Waals surface area contributed by atoms with E-state index in [1.54, 1.807) is 6.07 Å². The molecular weight excluding hydrogens is 288 g/mol. The maximum atomic E-state index is 11.2. The number of aromatic nitrogens is 1. The first-order valence-electron chi connectivity index (χ1n) is 7.58. The van der Waals surface area contributed by atoms with Crippen LogP contribution in [0.3, 0.4) is 0 Å². The molecule has 0 saturated carbocycles. The van der Waals surface area contributed by atoms with Crippen LogP contribution in [0.15, 0.2) is 66.7 Å². The van der Waals surface area contributed by atoms with Crippen LogP contribution in [0, 0.1) is 0 Å². The lowest BCUT2D eigenvalue weighted by Crippen LogP contribution is -2.20. The van der Waals surface area contributed by atoms with Gasteiger partial charge in [0.2, 0.25) is 0 Å². The van der Waals surface area contributed by atoms with Crippen molar-refractivity contribution in [3.05, 3.63) is 83.6 Å². The highest BCUT2D eigenvalue weighted by molar-refractivity contribution is 5.87. The van der Waals surface area contributed by atoms with Gasteiger partial charge in [0, 0.05) is 5.69 Å². The number of hydrogen-bond donors (Lipinski definition) is 2. The van der Waals surface area contributed by atoms with Crippen LogP contribution in [0.1, 0.15) is 27.7 Å². The summed E-state index contributed by atoms with van der Waals surface area (Å²) in [5.41, 5.74) is 3.82. The highest BCUT2D eigenvalue weighted by Gasteiger charge is 2.32. The van der Waals surface area contributed by atoms with Crippen molar-refractivity contribution in [2.75, 3.05) is 4.90 Å². The molecule has 4 heteroatoms. The van der Waals surface area contributed by atoms with Crippen molar-refractivity contribution in [3.63, 3.8) is 0 Å². The number of benzene rings is 2. The van der Waals surface area contributed by atoms with E-state index in [-0.39, 0.29) is 11.7 Å². The van der Waals surface area contributed by atoms with Gasteiger partial charge in [-0.15, -0.1) is 0 Å². The second kappa shape index (κ2) is 5.32. The van der Waals surface area contributed by atoms with E-state index >= 15 is 0 Å². The van der Waals surface area contributed by atoms with Crippen LogP contribution in [0.5, 0.6) is 0 Å². The first kappa shape index (κ1) is 13.6. The minimum Gasteiger partial charge on any atom is -0.477 e. The van der Waals surface area contributed by atoms with Crippen molar-refractivity contribution in [1.82, 2.24) is 4.98 Å². The summed E-state index contributed by atoms with van der Waals surface area (Å²) < 4.78 is 0. The number of rotatable bonds is 3. The zero-order valence-corrected chi connectivity index (χ0v) is 12.4. The number of nitrogens with one attached hydrogen (secondary N) is 1. The smallest absolute Gasteiger partial charge is 0.352 e. The van der Waals surface area contributed by atoms with Crippen LogP contribution in [0.25, 0.3) is 0 Å². The number of carboxylic acids is 1. The third kappa shape index (κ3) is 2.28.